The molecule has 2 unspecified atom stereocenters. The predicted molar refractivity (Wildman–Crippen MR) is 123 cm³/mol. The van der Waals surface area contributed by atoms with E-state index in [1.807, 2.05) is 27.7 Å². The number of carbonyl (C=O) groups excluding carboxylic acids is 1. The molecule has 33 heavy (non-hydrogen) atoms. The van der Waals surface area contributed by atoms with Gasteiger partial charge in [-0.1, -0.05) is 27.7 Å². The van der Waals surface area contributed by atoms with Gasteiger partial charge in [-0.05, 0) is 43.4 Å². The molecule has 4 rings (SSSR count). The van der Waals surface area contributed by atoms with Crippen LogP contribution in [0, 0.1) is 29.4 Å². The van der Waals surface area contributed by atoms with Crippen molar-refractivity contribution >= 4 is 17.6 Å². The van der Waals surface area contributed by atoms with Gasteiger partial charge in [0.2, 0.25) is 0 Å². The quantitative estimate of drug-likeness (QED) is 0.510. The molecule has 1 aliphatic heterocycles. The second-order valence-electron chi connectivity index (χ2n) is 9.63. The second-order valence-corrected chi connectivity index (χ2v) is 9.63. The highest BCUT2D eigenvalue weighted by molar-refractivity contribution is 6.03. The monoisotopic (exact) mass is 461 g/mol. The number of hydrogen-bond donors (Lipinski definition) is 1. The third-order valence-electron chi connectivity index (χ3n) is 6.71. The molecule has 1 aromatic heterocycles. The average Bonchev–Trinajstić information content (AvgIpc) is 3.30. The summed E-state index contributed by atoms with van der Waals surface area (Å²) in [5.74, 6) is -0.506. The number of anilines is 2. The van der Waals surface area contributed by atoms with Gasteiger partial charge in [-0.15, -0.1) is 0 Å². The summed E-state index contributed by atoms with van der Waals surface area (Å²) in [6.45, 7) is 9.64. The molecule has 0 bridgehead atoms. The zero-order chi connectivity index (χ0) is 23.7. The maximum Gasteiger partial charge on any atom is 0.298 e. The third kappa shape index (κ3) is 4.99. The van der Waals surface area contributed by atoms with Gasteiger partial charge < -0.3 is 19.4 Å². The lowest BCUT2D eigenvalue weighted by atomic mass is 9.77. The number of ether oxygens (including phenoxy) is 1. The molecule has 0 radical (unpaired) electrons. The first kappa shape index (κ1) is 23.5. The molecule has 1 aliphatic carbocycles. The third-order valence-corrected chi connectivity index (χ3v) is 6.71. The molecule has 2 heterocycles. The number of benzene rings is 1. The fourth-order valence-corrected chi connectivity index (χ4v) is 4.73. The molecule has 180 valence electrons. The standard InChI is InChI=1S/C25H33F2N3O3/c1-5-18(9-14(3)4)32-23-19(26)10-17(11-20(23)27)28-24(31)22-21(6-2)33-25(29-22)30-12-15-7-8-16(15)13-30/h10-11,14-16,18H,5-9,12-13H2,1-4H3,(H,28,31)/t15?,16?,18-/m0/s1. The summed E-state index contributed by atoms with van der Waals surface area (Å²) in [5.41, 5.74) is 0.154. The molecule has 1 amide bonds. The van der Waals surface area contributed by atoms with E-state index in [0.717, 1.165) is 25.2 Å². The Hall–Kier alpha value is -2.64. The highest BCUT2D eigenvalue weighted by Gasteiger charge is 2.41. The van der Waals surface area contributed by atoms with E-state index in [4.69, 9.17) is 9.15 Å². The van der Waals surface area contributed by atoms with Crippen LogP contribution in [0.5, 0.6) is 5.75 Å². The number of nitrogens with one attached hydrogen (secondary N) is 1. The zero-order valence-corrected chi connectivity index (χ0v) is 19.8. The Bertz CT molecular complexity index is 972. The summed E-state index contributed by atoms with van der Waals surface area (Å²) in [4.78, 5) is 19.4. The predicted octanol–water partition coefficient (Wildman–Crippen LogP) is 5.82. The van der Waals surface area contributed by atoms with Crippen molar-refractivity contribution in [3.8, 4) is 5.75 Å². The summed E-state index contributed by atoms with van der Waals surface area (Å²) in [6.07, 6.45) is 3.99. The Morgan fingerprint density at radius 3 is 2.36 bits per heavy atom. The van der Waals surface area contributed by atoms with Gasteiger partial charge in [0.15, 0.2) is 23.1 Å². The van der Waals surface area contributed by atoms with Crippen molar-refractivity contribution in [3.05, 3.63) is 35.2 Å². The minimum absolute atomic E-state index is 0.00470. The molecule has 1 N–H and O–H groups in total. The Morgan fingerprint density at radius 1 is 1.21 bits per heavy atom. The van der Waals surface area contributed by atoms with Crippen molar-refractivity contribution in [1.29, 1.82) is 0 Å². The summed E-state index contributed by atoms with van der Waals surface area (Å²) < 4.78 is 40.8. The number of amides is 1. The topological polar surface area (TPSA) is 67.6 Å². The number of hydrogen-bond acceptors (Lipinski definition) is 5. The SMILES string of the molecule is CCc1oc(N2CC3CCC3C2)nc1C(=O)Nc1cc(F)c(O[C@@H](CC)CC(C)C)c(F)c1. The van der Waals surface area contributed by atoms with E-state index in [9.17, 15) is 13.6 Å². The molecule has 2 aliphatic rings. The fraction of sp³-hybridized carbons (Fsp3) is 0.600. The van der Waals surface area contributed by atoms with Crippen molar-refractivity contribution in [3.63, 3.8) is 0 Å². The van der Waals surface area contributed by atoms with Gasteiger partial charge in [0, 0.05) is 37.3 Å². The van der Waals surface area contributed by atoms with E-state index in [2.05, 4.69) is 15.2 Å². The Balaban J connectivity index is 1.48. The van der Waals surface area contributed by atoms with Gasteiger partial charge in [0.05, 0.1) is 6.10 Å². The van der Waals surface area contributed by atoms with Crippen molar-refractivity contribution < 1.29 is 22.7 Å². The number of carbonyl (C=O) groups is 1. The molecule has 1 aromatic carbocycles. The summed E-state index contributed by atoms with van der Waals surface area (Å²) in [6, 6.07) is 2.59. The Labute approximate surface area is 193 Å². The summed E-state index contributed by atoms with van der Waals surface area (Å²) in [5, 5.41) is 2.56. The molecule has 8 heteroatoms. The molecule has 2 fully saturated rings. The molecule has 2 aromatic rings. The number of aromatic nitrogens is 1. The average molecular weight is 462 g/mol. The molecular formula is C25H33F2N3O3. The van der Waals surface area contributed by atoms with Gasteiger partial charge in [0.25, 0.3) is 11.9 Å². The van der Waals surface area contributed by atoms with Crippen molar-refractivity contribution in [1.82, 2.24) is 4.98 Å². The summed E-state index contributed by atoms with van der Waals surface area (Å²) in [7, 11) is 0. The van der Waals surface area contributed by atoms with Crippen LogP contribution in [0.1, 0.15) is 69.6 Å². The number of oxazole rings is 1. The van der Waals surface area contributed by atoms with E-state index in [-0.39, 0.29) is 17.5 Å². The normalized spacial score (nSPS) is 20.5. The van der Waals surface area contributed by atoms with E-state index < -0.39 is 23.3 Å². The first-order valence-electron chi connectivity index (χ1n) is 12.0. The van der Waals surface area contributed by atoms with Crippen LogP contribution in [0.25, 0.3) is 0 Å². The van der Waals surface area contributed by atoms with Crippen molar-refractivity contribution in [2.24, 2.45) is 17.8 Å². The van der Waals surface area contributed by atoms with Crippen LogP contribution in [0.4, 0.5) is 20.5 Å². The van der Waals surface area contributed by atoms with E-state index >= 15 is 0 Å². The number of rotatable bonds is 9. The van der Waals surface area contributed by atoms with Crippen LogP contribution in [0.2, 0.25) is 0 Å². The van der Waals surface area contributed by atoms with Crippen LogP contribution >= 0.6 is 0 Å². The number of halogens is 2. The lowest BCUT2D eigenvalue weighted by Gasteiger charge is -2.27. The zero-order valence-electron chi connectivity index (χ0n) is 19.8. The minimum atomic E-state index is -0.850. The molecule has 3 atom stereocenters. The van der Waals surface area contributed by atoms with E-state index in [1.165, 1.54) is 12.8 Å². The number of aryl methyl sites for hydroxylation is 1. The highest BCUT2D eigenvalue weighted by atomic mass is 19.1. The van der Waals surface area contributed by atoms with Gasteiger partial charge in [-0.2, -0.15) is 4.98 Å². The lowest BCUT2D eigenvalue weighted by molar-refractivity contribution is 0.102. The first-order chi connectivity index (χ1) is 15.8. The largest absolute Gasteiger partial charge is 0.484 e. The maximum atomic E-state index is 14.7. The van der Waals surface area contributed by atoms with Crippen LogP contribution in [0.3, 0.4) is 0 Å². The Kier molecular flexibility index (Phi) is 6.91. The van der Waals surface area contributed by atoms with Crippen LogP contribution in [-0.2, 0) is 6.42 Å². The van der Waals surface area contributed by atoms with Crippen molar-refractivity contribution in [2.45, 2.75) is 65.9 Å². The number of fused-ring (bicyclic) bond motifs is 1. The van der Waals surface area contributed by atoms with Crippen LogP contribution < -0.4 is 15.0 Å². The highest BCUT2D eigenvalue weighted by Crippen LogP contribution is 2.42. The lowest BCUT2D eigenvalue weighted by Crippen LogP contribution is -2.22. The fourth-order valence-electron chi connectivity index (χ4n) is 4.73. The molecular weight excluding hydrogens is 428 g/mol. The van der Waals surface area contributed by atoms with Gasteiger partial charge in [0.1, 0.15) is 5.76 Å². The van der Waals surface area contributed by atoms with E-state index in [0.29, 0.717) is 48.8 Å². The molecule has 1 saturated heterocycles. The molecule has 1 saturated carbocycles. The second kappa shape index (κ2) is 9.69. The number of nitrogens with zero attached hydrogens (tertiary/aromatic N) is 2. The first-order valence-corrected chi connectivity index (χ1v) is 12.0. The van der Waals surface area contributed by atoms with Crippen LogP contribution in [0.15, 0.2) is 16.5 Å². The van der Waals surface area contributed by atoms with E-state index in [1.54, 1.807) is 0 Å². The minimum Gasteiger partial charge on any atom is -0.484 e. The molecule has 6 nitrogen and oxygen atoms in total. The van der Waals surface area contributed by atoms with Crippen LogP contribution in [-0.4, -0.2) is 30.1 Å². The Morgan fingerprint density at radius 2 is 1.85 bits per heavy atom. The van der Waals surface area contributed by atoms with Crippen molar-refractivity contribution in [2.75, 3.05) is 23.3 Å². The maximum absolute atomic E-state index is 14.7. The summed E-state index contributed by atoms with van der Waals surface area (Å²) >= 11 is 0. The van der Waals surface area contributed by atoms with Gasteiger partial charge in [-0.3, -0.25) is 4.79 Å². The van der Waals surface area contributed by atoms with Gasteiger partial charge >= 0.3 is 0 Å². The molecule has 0 spiro atoms. The van der Waals surface area contributed by atoms with Gasteiger partial charge in [-0.25, -0.2) is 8.78 Å². The smallest absolute Gasteiger partial charge is 0.298 e.